The summed E-state index contributed by atoms with van der Waals surface area (Å²) >= 11 is 0. The molecule has 2 rings (SSSR count). The quantitative estimate of drug-likeness (QED) is 0.824. The van der Waals surface area contributed by atoms with Gasteiger partial charge in [0.2, 0.25) is 0 Å². The summed E-state index contributed by atoms with van der Waals surface area (Å²) in [7, 11) is 0. The maximum absolute atomic E-state index is 3.99. The van der Waals surface area contributed by atoms with E-state index in [2.05, 4.69) is 44.8 Å². The first-order valence-corrected chi connectivity index (χ1v) is 9.34. The fourth-order valence-corrected chi connectivity index (χ4v) is 4.13. The van der Waals surface area contributed by atoms with Crippen molar-refractivity contribution in [3.8, 4) is 0 Å². The predicted octanol–water partition coefficient (Wildman–Crippen LogP) is 4.45. The van der Waals surface area contributed by atoms with Crippen LogP contribution in [-0.2, 0) is 0 Å². The third-order valence-corrected chi connectivity index (χ3v) is 5.92. The molecule has 1 aliphatic heterocycles. The topological polar surface area (TPSA) is 15.3 Å². The van der Waals surface area contributed by atoms with Gasteiger partial charge in [-0.25, -0.2) is 0 Å². The molecule has 2 heteroatoms. The summed E-state index contributed by atoms with van der Waals surface area (Å²) in [5.41, 5.74) is 0.894. The van der Waals surface area contributed by atoms with Gasteiger partial charge in [0.05, 0.1) is 0 Å². The van der Waals surface area contributed by atoms with Gasteiger partial charge < -0.3 is 5.32 Å². The Morgan fingerprint density at radius 3 is 2.43 bits per heavy atom. The first kappa shape index (κ1) is 17.3. The van der Waals surface area contributed by atoms with E-state index in [-0.39, 0.29) is 0 Å². The molecule has 1 saturated carbocycles. The van der Waals surface area contributed by atoms with E-state index in [1.165, 1.54) is 64.6 Å². The molecule has 21 heavy (non-hydrogen) atoms. The van der Waals surface area contributed by atoms with E-state index in [0.29, 0.717) is 11.0 Å². The number of rotatable bonds is 4. The van der Waals surface area contributed by atoms with Crippen molar-refractivity contribution in [3.63, 3.8) is 0 Å². The zero-order chi connectivity index (χ0) is 15.5. The van der Waals surface area contributed by atoms with Gasteiger partial charge >= 0.3 is 0 Å². The van der Waals surface area contributed by atoms with Gasteiger partial charge in [0.1, 0.15) is 0 Å². The highest BCUT2D eigenvalue weighted by atomic mass is 15.3. The van der Waals surface area contributed by atoms with Crippen LogP contribution in [0.1, 0.15) is 79.6 Å². The van der Waals surface area contributed by atoms with Crippen LogP contribution >= 0.6 is 0 Å². The van der Waals surface area contributed by atoms with Crippen molar-refractivity contribution in [2.75, 3.05) is 19.6 Å². The maximum atomic E-state index is 3.99. The fourth-order valence-electron chi connectivity index (χ4n) is 4.13. The van der Waals surface area contributed by atoms with E-state index < -0.39 is 0 Å². The largest absolute Gasteiger partial charge is 0.308 e. The van der Waals surface area contributed by atoms with Crippen LogP contribution < -0.4 is 5.32 Å². The standard InChI is InChI=1S/C19H38N2/c1-6-16(2)17-14-20-19(10-8-7-9-11-19)15-21(17)13-12-18(3,4)5/h16-17,20H,6-15H2,1-5H3. The Bertz CT molecular complexity index is 312. The molecule has 0 aromatic rings. The summed E-state index contributed by atoms with van der Waals surface area (Å²) in [5.74, 6) is 0.804. The van der Waals surface area contributed by atoms with Crippen LogP contribution in [0.3, 0.4) is 0 Å². The average Bonchev–Trinajstić information content (AvgIpc) is 2.44. The van der Waals surface area contributed by atoms with Gasteiger partial charge in [-0.05, 0) is 37.1 Å². The molecule has 0 aromatic carbocycles. The number of nitrogens with zero attached hydrogens (tertiary/aromatic N) is 1. The van der Waals surface area contributed by atoms with Gasteiger partial charge in [0, 0.05) is 24.7 Å². The Morgan fingerprint density at radius 2 is 1.86 bits per heavy atom. The molecular formula is C19H38N2. The lowest BCUT2D eigenvalue weighted by Crippen LogP contribution is -2.66. The molecule has 1 heterocycles. The third-order valence-electron chi connectivity index (χ3n) is 5.92. The van der Waals surface area contributed by atoms with E-state index in [4.69, 9.17) is 0 Å². The molecule has 0 radical (unpaired) electrons. The molecule has 1 N–H and O–H groups in total. The van der Waals surface area contributed by atoms with Crippen LogP contribution in [0.4, 0.5) is 0 Å². The van der Waals surface area contributed by atoms with Crippen molar-refractivity contribution in [3.05, 3.63) is 0 Å². The second-order valence-electron chi connectivity index (χ2n) is 8.96. The number of hydrogen-bond donors (Lipinski definition) is 1. The number of nitrogens with one attached hydrogen (secondary N) is 1. The Labute approximate surface area is 133 Å². The molecule has 2 atom stereocenters. The molecule has 2 fully saturated rings. The molecule has 124 valence electrons. The minimum atomic E-state index is 0.445. The second kappa shape index (κ2) is 7.00. The Morgan fingerprint density at radius 1 is 1.19 bits per heavy atom. The summed E-state index contributed by atoms with van der Waals surface area (Å²) in [4.78, 5) is 2.85. The molecule has 2 unspecified atom stereocenters. The van der Waals surface area contributed by atoms with Crippen LogP contribution in [0.2, 0.25) is 0 Å². The van der Waals surface area contributed by atoms with Gasteiger partial charge in [-0.1, -0.05) is 60.3 Å². The second-order valence-corrected chi connectivity index (χ2v) is 8.96. The van der Waals surface area contributed by atoms with E-state index in [1.807, 2.05) is 0 Å². The summed E-state index contributed by atoms with van der Waals surface area (Å²) in [6, 6.07) is 0.741. The lowest BCUT2D eigenvalue weighted by molar-refractivity contribution is 0.0258. The minimum absolute atomic E-state index is 0.445. The Hall–Kier alpha value is -0.0800. The highest BCUT2D eigenvalue weighted by Gasteiger charge is 2.40. The average molecular weight is 295 g/mol. The van der Waals surface area contributed by atoms with Crippen LogP contribution in [0.5, 0.6) is 0 Å². The van der Waals surface area contributed by atoms with E-state index in [1.54, 1.807) is 0 Å². The summed E-state index contributed by atoms with van der Waals surface area (Å²) < 4.78 is 0. The van der Waals surface area contributed by atoms with Crippen molar-refractivity contribution < 1.29 is 0 Å². The molecule has 0 aromatic heterocycles. The van der Waals surface area contributed by atoms with Crippen LogP contribution in [0, 0.1) is 11.3 Å². The maximum Gasteiger partial charge on any atom is 0.0309 e. The fraction of sp³-hybridized carbons (Fsp3) is 1.00. The molecule has 1 spiro atoms. The summed E-state index contributed by atoms with van der Waals surface area (Å²) in [6.45, 7) is 15.7. The Kier molecular flexibility index (Phi) is 5.76. The molecule has 0 amide bonds. The van der Waals surface area contributed by atoms with Crippen LogP contribution in [0.25, 0.3) is 0 Å². The van der Waals surface area contributed by atoms with Crippen LogP contribution in [-0.4, -0.2) is 36.1 Å². The van der Waals surface area contributed by atoms with Gasteiger partial charge in [-0.2, -0.15) is 0 Å². The molecule has 1 aliphatic carbocycles. The molecule has 0 bridgehead atoms. The normalized spacial score (nSPS) is 28.7. The van der Waals surface area contributed by atoms with Crippen molar-refractivity contribution >= 4 is 0 Å². The van der Waals surface area contributed by atoms with E-state index >= 15 is 0 Å². The van der Waals surface area contributed by atoms with Crippen molar-refractivity contribution in [2.24, 2.45) is 11.3 Å². The highest BCUT2D eigenvalue weighted by Crippen LogP contribution is 2.34. The number of piperazine rings is 1. The number of hydrogen-bond acceptors (Lipinski definition) is 2. The van der Waals surface area contributed by atoms with Crippen molar-refractivity contribution in [2.45, 2.75) is 91.1 Å². The molecule has 2 nitrogen and oxygen atoms in total. The smallest absolute Gasteiger partial charge is 0.0309 e. The van der Waals surface area contributed by atoms with Crippen LogP contribution in [0.15, 0.2) is 0 Å². The SMILES string of the molecule is CCC(C)C1CNC2(CCCCC2)CN1CCC(C)(C)C. The van der Waals surface area contributed by atoms with Gasteiger partial charge in [-0.15, -0.1) is 0 Å². The monoisotopic (exact) mass is 294 g/mol. The van der Waals surface area contributed by atoms with Crippen molar-refractivity contribution in [1.82, 2.24) is 10.2 Å². The van der Waals surface area contributed by atoms with Gasteiger partial charge in [-0.3, -0.25) is 4.90 Å². The lowest BCUT2D eigenvalue weighted by atomic mass is 9.78. The zero-order valence-electron chi connectivity index (χ0n) is 15.2. The summed E-state index contributed by atoms with van der Waals surface area (Å²) in [5, 5.41) is 3.99. The Balaban J connectivity index is 2.03. The lowest BCUT2D eigenvalue weighted by Gasteiger charge is -2.51. The van der Waals surface area contributed by atoms with Gasteiger partial charge in [0.25, 0.3) is 0 Å². The van der Waals surface area contributed by atoms with E-state index in [0.717, 1.165) is 12.0 Å². The van der Waals surface area contributed by atoms with Gasteiger partial charge in [0.15, 0.2) is 0 Å². The molecule has 1 saturated heterocycles. The first-order chi connectivity index (χ1) is 9.85. The summed E-state index contributed by atoms with van der Waals surface area (Å²) in [6.07, 6.45) is 9.70. The zero-order valence-corrected chi connectivity index (χ0v) is 15.2. The van der Waals surface area contributed by atoms with E-state index in [9.17, 15) is 0 Å². The third kappa shape index (κ3) is 4.69. The molecule has 2 aliphatic rings. The predicted molar refractivity (Wildman–Crippen MR) is 92.7 cm³/mol. The highest BCUT2D eigenvalue weighted by molar-refractivity contribution is 5.00. The first-order valence-electron chi connectivity index (χ1n) is 9.34. The minimum Gasteiger partial charge on any atom is -0.308 e. The van der Waals surface area contributed by atoms with Crippen molar-refractivity contribution in [1.29, 1.82) is 0 Å². The molecular weight excluding hydrogens is 256 g/mol.